The maximum atomic E-state index is 12.7. The highest BCUT2D eigenvalue weighted by Crippen LogP contribution is 2.30. The van der Waals surface area contributed by atoms with Crippen LogP contribution in [0.15, 0.2) is 17.0 Å². The predicted octanol–water partition coefficient (Wildman–Crippen LogP) is 2.89. The Kier molecular flexibility index (Phi) is 5.10. The molecule has 0 aliphatic carbocycles. The van der Waals surface area contributed by atoms with Crippen LogP contribution >= 0.6 is 12.6 Å². The second-order valence-corrected chi connectivity index (χ2v) is 3.95. The lowest BCUT2D eigenvalue weighted by Gasteiger charge is -2.09. The minimum Gasteiger partial charge on any atom is -0.466 e. The summed E-state index contributed by atoms with van der Waals surface area (Å²) in [5.41, 5.74) is -0.148. The number of carbonyl (C=O) groups is 1. The molecule has 1 aromatic carbocycles. The van der Waals surface area contributed by atoms with E-state index in [1.165, 1.54) is 12.1 Å². The fourth-order valence-corrected chi connectivity index (χ4v) is 1.88. The third kappa shape index (κ3) is 3.44. The number of benzene rings is 1. The molecule has 0 aliphatic rings. The molecule has 0 radical (unpaired) electrons. The molecular weight excluding hydrogens is 260 g/mol. The van der Waals surface area contributed by atoms with Gasteiger partial charge in [-0.1, -0.05) is 0 Å². The van der Waals surface area contributed by atoms with Crippen molar-refractivity contribution in [3.05, 3.63) is 28.8 Å². The van der Waals surface area contributed by atoms with Crippen LogP contribution in [0.1, 0.15) is 30.0 Å². The molecule has 6 heteroatoms. The van der Waals surface area contributed by atoms with E-state index >= 15 is 0 Å². The van der Waals surface area contributed by atoms with E-state index < -0.39 is 18.0 Å². The molecule has 3 nitrogen and oxygen atoms in total. The van der Waals surface area contributed by atoms with Crippen molar-refractivity contribution in [1.82, 2.24) is 0 Å². The number of carbonyl (C=O) groups excluding carboxylic acids is 1. The zero-order chi connectivity index (χ0) is 13.7. The zero-order valence-electron chi connectivity index (χ0n) is 9.61. The Bertz CT molecular complexity index is 498. The average molecular weight is 271 g/mol. The van der Waals surface area contributed by atoms with E-state index in [4.69, 9.17) is 10.00 Å². The van der Waals surface area contributed by atoms with Crippen molar-refractivity contribution in [3.63, 3.8) is 0 Å². The van der Waals surface area contributed by atoms with Gasteiger partial charge in [-0.05, 0) is 24.6 Å². The summed E-state index contributed by atoms with van der Waals surface area (Å²) in [6.45, 7) is 1.91. The molecule has 1 aromatic rings. The van der Waals surface area contributed by atoms with E-state index in [0.717, 1.165) is 0 Å². The van der Waals surface area contributed by atoms with Crippen molar-refractivity contribution in [3.8, 4) is 6.07 Å². The summed E-state index contributed by atoms with van der Waals surface area (Å²) in [5.74, 6) is -0.473. The third-order valence-electron chi connectivity index (χ3n) is 2.21. The second-order valence-electron chi connectivity index (χ2n) is 3.47. The molecule has 0 N–H and O–H groups in total. The van der Waals surface area contributed by atoms with Crippen LogP contribution in [-0.2, 0) is 16.0 Å². The number of rotatable bonds is 4. The van der Waals surface area contributed by atoms with Crippen molar-refractivity contribution in [2.75, 3.05) is 6.61 Å². The van der Waals surface area contributed by atoms with Gasteiger partial charge >= 0.3 is 5.97 Å². The summed E-state index contributed by atoms with van der Waals surface area (Å²) in [6.07, 6.45) is -2.84. The van der Waals surface area contributed by atoms with Gasteiger partial charge in [0.2, 0.25) is 0 Å². The number of halogens is 2. The summed E-state index contributed by atoms with van der Waals surface area (Å²) in [5, 5.41) is 8.82. The summed E-state index contributed by atoms with van der Waals surface area (Å²) < 4.78 is 30.1. The second kappa shape index (κ2) is 6.36. The van der Waals surface area contributed by atoms with Crippen LogP contribution in [0.25, 0.3) is 0 Å². The molecule has 0 aliphatic heterocycles. The third-order valence-corrected chi connectivity index (χ3v) is 2.58. The number of nitriles is 1. The van der Waals surface area contributed by atoms with Gasteiger partial charge in [0.1, 0.15) is 0 Å². The Morgan fingerprint density at radius 1 is 1.56 bits per heavy atom. The first-order valence-corrected chi connectivity index (χ1v) is 5.64. The number of thiol groups is 1. The minimum atomic E-state index is -2.77. The van der Waals surface area contributed by atoms with Crippen molar-refractivity contribution in [2.24, 2.45) is 0 Å². The lowest BCUT2D eigenvalue weighted by Crippen LogP contribution is -2.08. The monoisotopic (exact) mass is 271 g/mol. The van der Waals surface area contributed by atoms with Gasteiger partial charge in [0, 0.05) is 10.5 Å². The van der Waals surface area contributed by atoms with Crippen molar-refractivity contribution < 1.29 is 18.3 Å². The molecule has 96 valence electrons. The summed E-state index contributed by atoms with van der Waals surface area (Å²) in [6, 6.07) is 4.29. The smallest absolute Gasteiger partial charge is 0.310 e. The number of ether oxygens (including phenoxy) is 1. The fourth-order valence-electron chi connectivity index (χ4n) is 1.50. The molecule has 1 rings (SSSR count). The molecule has 0 saturated heterocycles. The number of hydrogen-bond acceptors (Lipinski definition) is 4. The Morgan fingerprint density at radius 2 is 2.22 bits per heavy atom. The summed E-state index contributed by atoms with van der Waals surface area (Å²) in [7, 11) is 0. The van der Waals surface area contributed by atoms with Gasteiger partial charge in [-0.15, -0.1) is 12.6 Å². The first kappa shape index (κ1) is 14.5. The molecule has 0 amide bonds. The van der Waals surface area contributed by atoms with Crippen molar-refractivity contribution in [1.29, 1.82) is 5.26 Å². The van der Waals surface area contributed by atoms with Crippen LogP contribution in [0, 0.1) is 11.3 Å². The van der Waals surface area contributed by atoms with E-state index in [2.05, 4.69) is 12.6 Å². The normalized spacial score (nSPS) is 10.2. The largest absolute Gasteiger partial charge is 0.466 e. The lowest BCUT2D eigenvalue weighted by atomic mass is 10.0. The molecular formula is C12H11F2NO2S. The van der Waals surface area contributed by atoms with Crippen LogP contribution in [-0.4, -0.2) is 12.6 Å². The highest BCUT2D eigenvalue weighted by atomic mass is 32.1. The van der Waals surface area contributed by atoms with E-state index in [1.807, 2.05) is 0 Å². The van der Waals surface area contributed by atoms with Crippen LogP contribution in [0.5, 0.6) is 0 Å². The van der Waals surface area contributed by atoms with Gasteiger partial charge in [-0.25, -0.2) is 8.78 Å². The molecule has 0 fully saturated rings. The van der Waals surface area contributed by atoms with Crippen LogP contribution in [0.4, 0.5) is 8.78 Å². The average Bonchev–Trinajstić information content (AvgIpc) is 2.27. The summed E-state index contributed by atoms with van der Waals surface area (Å²) >= 11 is 3.92. The van der Waals surface area contributed by atoms with E-state index in [1.54, 1.807) is 13.0 Å². The molecule has 0 atom stereocenters. The van der Waals surface area contributed by atoms with Gasteiger partial charge in [-0.2, -0.15) is 5.26 Å². The molecule has 0 aromatic heterocycles. The summed E-state index contributed by atoms with van der Waals surface area (Å²) in [4.78, 5) is 11.3. The Balaban J connectivity index is 3.08. The van der Waals surface area contributed by atoms with E-state index in [-0.39, 0.29) is 23.5 Å². The molecule has 18 heavy (non-hydrogen) atoms. The molecule has 0 spiro atoms. The Morgan fingerprint density at radius 3 is 2.72 bits per heavy atom. The van der Waals surface area contributed by atoms with Crippen LogP contribution in [0.3, 0.4) is 0 Å². The number of esters is 1. The van der Waals surface area contributed by atoms with Gasteiger partial charge in [0.15, 0.2) is 0 Å². The fraction of sp³-hybridized carbons (Fsp3) is 0.333. The van der Waals surface area contributed by atoms with Gasteiger partial charge in [0.05, 0.1) is 24.7 Å². The topological polar surface area (TPSA) is 50.1 Å². The quantitative estimate of drug-likeness (QED) is 0.676. The predicted molar refractivity (Wildman–Crippen MR) is 63.7 cm³/mol. The highest BCUT2D eigenvalue weighted by molar-refractivity contribution is 7.80. The standard InChI is InChI=1S/C12H11F2NO2S/c1-2-17-10(16)5-7-3-8(6-15)11(12(13)14)9(18)4-7/h3-4,12,18H,2,5H2,1H3. The van der Waals surface area contributed by atoms with E-state index in [9.17, 15) is 13.6 Å². The SMILES string of the molecule is CCOC(=O)Cc1cc(S)c(C(F)F)c(C#N)c1. The van der Waals surface area contributed by atoms with Gasteiger partial charge in [0.25, 0.3) is 6.43 Å². The first-order chi connectivity index (χ1) is 8.49. The molecule has 0 bridgehead atoms. The van der Waals surface area contributed by atoms with E-state index in [0.29, 0.717) is 5.56 Å². The molecule has 0 unspecified atom stereocenters. The van der Waals surface area contributed by atoms with Gasteiger partial charge in [-0.3, -0.25) is 4.79 Å². The van der Waals surface area contributed by atoms with Crippen LogP contribution in [0.2, 0.25) is 0 Å². The maximum absolute atomic E-state index is 12.7. The molecule has 0 saturated carbocycles. The maximum Gasteiger partial charge on any atom is 0.310 e. The lowest BCUT2D eigenvalue weighted by molar-refractivity contribution is -0.142. The Hall–Kier alpha value is -1.61. The first-order valence-electron chi connectivity index (χ1n) is 5.19. The van der Waals surface area contributed by atoms with Crippen molar-refractivity contribution >= 4 is 18.6 Å². The number of hydrogen-bond donors (Lipinski definition) is 1. The van der Waals surface area contributed by atoms with Crippen LogP contribution < -0.4 is 0 Å². The zero-order valence-corrected chi connectivity index (χ0v) is 10.5. The Labute approximate surface area is 109 Å². The molecule has 0 heterocycles. The number of alkyl halides is 2. The number of nitrogens with zero attached hydrogens (tertiary/aromatic N) is 1. The minimum absolute atomic E-state index is 0.00310. The van der Waals surface area contributed by atoms with Crippen molar-refractivity contribution in [2.45, 2.75) is 24.7 Å². The van der Waals surface area contributed by atoms with Gasteiger partial charge < -0.3 is 4.74 Å². The highest BCUT2D eigenvalue weighted by Gasteiger charge is 2.18.